The molecule has 0 saturated carbocycles. The van der Waals surface area contributed by atoms with Crippen molar-refractivity contribution >= 4 is 13.6 Å². The first-order valence-corrected chi connectivity index (χ1v) is 8.37. The summed E-state index contributed by atoms with van der Waals surface area (Å²) in [7, 11) is -3.20. The van der Waals surface area contributed by atoms with Crippen molar-refractivity contribution in [3.63, 3.8) is 0 Å². The Labute approximate surface area is 119 Å². The van der Waals surface area contributed by atoms with E-state index in [0.29, 0.717) is 5.56 Å². The van der Waals surface area contributed by atoms with Crippen LogP contribution in [0.2, 0.25) is 0 Å². The molecule has 5 nitrogen and oxygen atoms in total. The van der Waals surface area contributed by atoms with Crippen molar-refractivity contribution in [2.75, 3.05) is 19.4 Å². The Morgan fingerprint density at radius 3 is 2.20 bits per heavy atom. The standard InChI is InChI=1S/C14H21O5P/c1-4-17-20(16,18-5-2)11-12(3)19-14(15)13-9-7-6-8-10-13/h6-10,12H,4-5,11H2,1-3H3. The third kappa shape index (κ3) is 5.45. The minimum Gasteiger partial charge on any atom is -0.458 e. The SMILES string of the molecule is CCOP(=O)(CC(C)OC(=O)c1ccccc1)OCC. The number of benzene rings is 1. The summed E-state index contributed by atoms with van der Waals surface area (Å²) < 4.78 is 27.9. The maximum Gasteiger partial charge on any atom is 0.338 e. The normalized spacial score (nSPS) is 12.9. The molecule has 0 aliphatic carbocycles. The predicted molar refractivity (Wildman–Crippen MR) is 77.0 cm³/mol. The van der Waals surface area contributed by atoms with Gasteiger partial charge in [0.2, 0.25) is 0 Å². The molecule has 0 saturated heterocycles. The lowest BCUT2D eigenvalue weighted by Gasteiger charge is -2.20. The van der Waals surface area contributed by atoms with E-state index >= 15 is 0 Å². The fourth-order valence-corrected chi connectivity index (χ4v) is 3.49. The van der Waals surface area contributed by atoms with Crippen LogP contribution in [0.1, 0.15) is 31.1 Å². The molecule has 20 heavy (non-hydrogen) atoms. The van der Waals surface area contributed by atoms with Crippen molar-refractivity contribution in [3.8, 4) is 0 Å². The summed E-state index contributed by atoms with van der Waals surface area (Å²) >= 11 is 0. The van der Waals surface area contributed by atoms with Crippen LogP contribution in [-0.4, -0.2) is 31.4 Å². The second-order valence-electron chi connectivity index (χ2n) is 4.21. The fourth-order valence-electron chi connectivity index (χ4n) is 1.71. The fraction of sp³-hybridized carbons (Fsp3) is 0.500. The summed E-state index contributed by atoms with van der Waals surface area (Å²) in [5, 5.41) is 0. The van der Waals surface area contributed by atoms with Gasteiger partial charge in [-0.1, -0.05) is 18.2 Å². The largest absolute Gasteiger partial charge is 0.458 e. The second-order valence-corrected chi connectivity index (χ2v) is 6.31. The summed E-state index contributed by atoms with van der Waals surface area (Å²) in [5.41, 5.74) is 0.460. The van der Waals surface area contributed by atoms with Crippen LogP contribution in [0, 0.1) is 0 Å². The first-order chi connectivity index (χ1) is 9.50. The van der Waals surface area contributed by atoms with Crippen LogP contribution in [0.5, 0.6) is 0 Å². The van der Waals surface area contributed by atoms with Crippen LogP contribution in [0.25, 0.3) is 0 Å². The van der Waals surface area contributed by atoms with Crippen molar-refractivity contribution in [2.45, 2.75) is 26.9 Å². The van der Waals surface area contributed by atoms with Gasteiger partial charge in [0.1, 0.15) is 6.10 Å². The molecule has 6 heteroatoms. The Morgan fingerprint density at radius 1 is 1.15 bits per heavy atom. The number of hydrogen-bond acceptors (Lipinski definition) is 5. The predicted octanol–water partition coefficient (Wildman–Crippen LogP) is 3.50. The molecular formula is C14H21O5P. The summed E-state index contributed by atoms with van der Waals surface area (Å²) in [6.07, 6.45) is -0.501. The number of carbonyl (C=O) groups is 1. The van der Waals surface area contributed by atoms with E-state index in [1.807, 2.05) is 6.07 Å². The molecule has 1 rings (SSSR count). The van der Waals surface area contributed by atoms with E-state index in [1.54, 1.807) is 45.0 Å². The molecular weight excluding hydrogens is 279 g/mol. The molecule has 1 aromatic rings. The van der Waals surface area contributed by atoms with Gasteiger partial charge in [0, 0.05) is 0 Å². The minimum absolute atomic E-state index is 0.0489. The van der Waals surface area contributed by atoms with Crippen LogP contribution in [0.3, 0.4) is 0 Å². The summed E-state index contributed by atoms with van der Waals surface area (Å²) in [4.78, 5) is 11.9. The van der Waals surface area contributed by atoms with Gasteiger partial charge in [0.25, 0.3) is 0 Å². The Hall–Kier alpha value is -1.16. The second kappa shape index (κ2) is 8.20. The van der Waals surface area contributed by atoms with Gasteiger partial charge in [-0.15, -0.1) is 0 Å². The van der Waals surface area contributed by atoms with E-state index in [-0.39, 0.29) is 19.4 Å². The van der Waals surface area contributed by atoms with E-state index in [0.717, 1.165) is 0 Å². The van der Waals surface area contributed by atoms with E-state index < -0.39 is 19.7 Å². The highest BCUT2D eigenvalue weighted by molar-refractivity contribution is 7.53. The molecule has 112 valence electrons. The highest BCUT2D eigenvalue weighted by Gasteiger charge is 2.28. The van der Waals surface area contributed by atoms with Gasteiger partial charge in [0.05, 0.1) is 24.9 Å². The topological polar surface area (TPSA) is 61.8 Å². The van der Waals surface area contributed by atoms with Crippen molar-refractivity contribution < 1.29 is 23.1 Å². The highest BCUT2D eigenvalue weighted by Crippen LogP contribution is 2.48. The molecule has 0 fully saturated rings. The average molecular weight is 300 g/mol. The van der Waals surface area contributed by atoms with Crippen LogP contribution in [0.15, 0.2) is 30.3 Å². The zero-order valence-corrected chi connectivity index (χ0v) is 13.0. The molecule has 1 unspecified atom stereocenters. The lowest BCUT2D eigenvalue weighted by molar-refractivity contribution is 0.0371. The summed E-state index contributed by atoms with van der Waals surface area (Å²) in [5.74, 6) is -0.447. The van der Waals surface area contributed by atoms with E-state index in [1.165, 1.54) is 0 Å². The molecule has 0 aromatic heterocycles. The van der Waals surface area contributed by atoms with Crippen LogP contribution < -0.4 is 0 Å². The molecule has 0 heterocycles. The number of esters is 1. The van der Waals surface area contributed by atoms with Gasteiger partial charge in [-0.3, -0.25) is 4.57 Å². The molecule has 0 bridgehead atoms. The molecule has 0 aliphatic rings. The maximum atomic E-state index is 12.3. The average Bonchev–Trinajstić information content (AvgIpc) is 2.39. The third-order valence-electron chi connectivity index (χ3n) is 2.45. The lowest BCUT2D eigenvalue weighted by Crippen LogP contribution is -2.20. The van der Waals surface area contributed by atoms with Gasteiger partial charge in [-0.25, -0.2) is 4.79 Å². The Balaban J connectivity index is 2.60. The minimum atomic E-state index is -3.20. The molecule has 0 amide bonds. The first kappa shape index (κ1) is 16.9. The van der Waals surface area contributed by atoms with Crippen molar-refractivity contribution in [2.24, 2.45) is 0 Å². The molecule has 0 spiro atoms. The van der Waals surface area contributed by atoms with Crippen molar-refractivity contribution in [3.05, 3.63) is 35.9 Å². The van der Waals surface area contributed by atoms with Crippen LogP contribution in [0.4, 0.5) is 0 Å². The van der Waals surface area contributed by atoms with Gasteiger partial charge in [-0.2, -0.15) is 0 Å². The number of carbonyl (C=O) groups excluding carboxylic acids is 1. The van der Waals surface area contributed by atoms with Crippen molar-refractivity contribution in [1.29, 1.82) is 0 Å². The van der Waals surface area contributed by atoms with E-state index in [9.17, 15) is 9.36 Å². The van der Waals surface area contributed by atoms with Gasteiger partial charge < -0.3 is 13.8 Å². The highest BCUT2D eigenvalue weighted by atomic mass is 31.2. The lowest BCUT2D eigenvalue weighted by atomic mass is 10.2. The van der Waals surface area contributed by atoms with Crippen LogP contribution in [-0.2, 0) is 18.3 Å². The molecule has 1 aromatic carbocycles. The maximum absolute atomic E-state index is 12.3. The number of ether oxygens (including phenoxy) is 1. The smallest absolute Gasteiger partial charge is 0.338 e. The summed E-state index contributed by atoms with van der Waals surface area (Å²) in [6.45, 7) is 5.73. The van der Waals surface area contributed by atoms with Crippen LogP contribution >= 0.6 is 7.60 Å². The van der Waals surface area contributed by atoms with E-state index in [4.69, 9.17) is 13.8 Å². The molecule has 0 aliphatic heterocycles. The Morgan fingerprint density at radius 2 is 1.70 bits per heavy atom. The molecule has 0 radical (unpaired) electrons. The van der Waals surface area contributed by atoms with Gasteiger partial charge in [-0.05, 0) is 32.9 Å². The Bertz CT molecular complexity index is 450. The zero-order valence-electron chi connectivity index (χ0n) is 12.1. The van der Waals surface area contributed by atoms with E-state index in [2.05, 4.69) is 0 Å². The third-order valence-corrected chi connectivity index (χ3v) is 4.71. The molecule has 1 atom stereocenters. The Kier molecular flexibility index (Phi) is 6.93. The van der Waals surface area contributed by atoms with Crippen molar-refractivity contribution in [1.82, 2.24) is 0 Å². The van der Waals surface area contributed by atoms with Gasteiger partial charge in [0.15, 0.2) is 0 Å². The van der Waals surface area contributed by atoms with Gasteiger partial charge >= 0.3 is 13.6 Å². The quantitative estimate of drug-likeness (QED) is 0.543. The number of rotatable bonds is 8. The molecule has 0 N–H and O–H groups in total. The zero-order chi connectivity index (χ0) is 15.0. The first-order valence-electron chi connectivity index (χ1n) is 6.65. The summed E-state index contributed by atoms with van der Waals surface area (Å²) in [6, 6.07) is 8.66. The monoisotopic (exact) mass is 300 g/mol. The number of hydrogen-bond donors (Lipinski definition) is 0.